The second kappa shape index (κ2) is 8.86. The molecule has 4 aromatic rings. The summed E-state index contributed by atoms with van der Waals surface area (Å²) in [6.45, 7) is 4.71. The predicted molar refractivity (Wildman–Crippen MR) is 124 cm³/mol. The number of hydrogen-bond acceptors (Lipinski definition) is 4. The predicted octanol–water partition coefficient (Wildman–Crippen LogP) is 5.38. The van der Waals surface area contributed by atoms with Crippen molar-refractivity contribution in [3.05, 3.63) is 85.5 Å². The van der Waals surface area contributed by atoms with Gasteiger partial charge in [0.1, 0.15) is 22.7 Å². The molecule has 0 unspecified atom stereocenters. The van der Waals surface area contributed by atoms with E-state index in [9.17, 15) is 9.18 Å². The average molecular weight is 442 g/mol. The summed E-state index contributed by atoms with van der Waals surface area (Å²) < 4.78 is 22.5. The highest BCUT2D eigenvalue weighted by atomic mass is 19.1. The first-order valence-corrected chi connectivity index (χ1v) is 10.9. The minimum absolute atomic E-state index is 0.118. The number of para-hydroxylation sites is 1. The summed E-state index contributed by atoms with van der Waals surface area (Å²) in [7, 11) is 0. The van der Waals surface area contributed by atoms with Gasteiger partial charge in [-0.1, -0.05) is 24.8 Å². The van der Waals surface area contributed by atoms with E-state index in [0.717, 1.165) is 24.2 Å². The molecule has 6 nitrogen and oxygen atoms in total. The second-order valence-corrected chi connectivity index (χ2v) is 8.03. The number of benzene rings is 2. The quantitative estimate of drug-likeness (QED) is 0.390. The molecule has 0 radical (unpaired) electrons. The Balaban J connectivity index is 1.50. The van der Waals surface area contributed by atoms with Crippen molar-refractivity contribution in [3.8, 4) is 22.8 Å². The number of amides is 1. The topological polar surface area (TPSA) is 60.2 Å². The van der Waals surface area contributed by atoms with Crippen LogP contribution in [-0.2, 0) is 4.79 Å². The standard InChI is InChI=1S/C26H23FN4O2/c1-2-24(32)30-14-6-7-19(17-30)31-26-22(15-28-16-23(26)27)25(29-31)18-10-12-21(13-11-18)33-20-8-4-3-5-9-20/h2-5,8-13,15-16,19H,1,6-7,14,17H2/t19-/m1/s1. The van der Waals surface area contributed by atoms with Gasteiger partial charge in [0.2, 0.25) is 5.91 Å². The van der Waals surface area contributed by atoms with Crippen LogP contribution in [-0.4, -0.2) is 38.7 Å². The second-order valence-electron chi connectivity index (χ2n) is 8.03. The summed E-state index contributed by atoms with van der Waals surface area (Å²) in [4.78, 5) is 17.9. The van der Waals surface area contributed by atoms with Gasteiger partial charge >= 0.3 is 0 Å². The third-order valence-electron chi connectivity index (χ3n) is 5.90. The first kappa shape index (κ1) is 20.9. The third kappa shape index (κ3) is 4.09. The number of nitrogens with zero attached hydrogens (tertiary/aromatic N) is 4. The minimum Gasteiger partial charge on any atom is -0.457 e. The first-order chi connectivity index (χ1) is 16.1. The largest absolute Gasteiger partial charge is 0.457 e. The fraction of sp³-hybridized carbons (Fsp3) is 0.192. The van der Waals surface area contributed by atoms with Crippen LogP contribution in [0.1, 0.15) is 18.9 Å². The lowest BCUT2D eigenvalue weighted by atomic mass is 10.1. The summed E-state index contributed by atoms with van der Waals surface area (Å²) in [5, 5.41) is 5.45. The van der Waals surface area contributed by atoms with E-state index in [4.69, 9.17) is 9.84 Å². The fourth-order valence-electron chi connectivity index (χ4n) is 4.31. The van der Waals surface area contributed by atoms with Crippen LogP contribution in [0.25, 0.3) is 22.2 Å². The van der Waals surface area contributed by atoms with E-state index in [1.807, 2.05) is 54.6 Å². The molecule has 0 spiro atoms. The van der Waals surface area contributed by atoms with E-state index in [-0.39, 0.29) is 11.9 Å². The number of aromatic nitrogens is 3. The van der Waals surface area contributed by atoms with Gasteiger partial charge in [0, 0.05) is 30.2 Å². The molecule has 1 saturated heterocycles. The maximum Gasteiger partial charge on any atom is 0.246 e. The number of carbonyl (C=O) groups is 1. The smallest absolute Gasteiger partial charge is 0.246 e. The Morgan fingerprint density at radius 2 is 1.85 bits per heavy atom. The van der Waals surface area contributed by atoms with Gasteiger partial charge in [-0.05, 0) is 55.3 Å². The normalized spacial score (nSPS) is 16.0. The fourth-order valence-corrected chi connectivity index (χ4v) is 4.31. The zero-order valence-corrected chi connectivity index (χ0v) is 18.0. The zero-order valence-electron chi connectivity index (χ0n) is 18.0. The van der Waals surface area contributed by atoms with Crippen molar-refractivity contribution in [1.29, 1.82) is 0 Å². The Labute approximate surface area is 190 Å². The van der Waals surface area contributed by atoms with Gasteiger partial charge in [-0.25, -0.2) is 4.39 Å². The van der Waals surface area contributed by atoms with Crippen molar-refractivity contribution in [2.24, 2.45) is 0 Å². The van der Waals surface area contributed by atoms with Crippen LogP contribution in [0.15, 0.2) is 79.6 Å². The molecule has 1 aliphatic rings. The third-order valence-corrected chi connectivity index (χ3v) is 5.90. The van der Waals surface area contributed by atoms with Gasteiger partial charge in [0.05, 0.1) is 12.2 Å². The molecule has 5 rings (SSSR count). The maximum absolute atomic E-state index is 14.9. The summed E-state index contributed by atoms with van der Waals surface area (Å²) in [6, 6.07) is 17.0. The Hall–Kier alpha value is -4.00. The molecule has 1 fully saturated rings. The van der Waals surface area contributed by atoms with Gasteiger partial charge in [0.15, 0.2) is 5.82 Å². The van der Waals surface area contributed by atoms with Crippen molar-refractivity contribution < 1.29 is 13.9 Å². The number of hydrogen-bond donors (Lipinski definition) is 0. The molecule has 0 N–H and O–H groups in total. The number of carbonyl (C=O) groups excluding carboxylic acids is 1. The Bertz CT molecular complexity index is 1300. The molecule has 166 valence electrons. The number of rotatable bonds is 5. The van der Waals surface area contributed by atoms with E-state index in [0.29, 0.717) is 35.4 Å². The van der Waals surface area contributed by atoms with Crippen molar-refractivity contribution in [2.75, 3.05) is 13.1 Å². The lowest BCUT2D eigenvalue weighted by Gasteiger charge is -2.32. The van der Waals surface area contributed by atoms with E-state index in [1.165, 1.54) is 12.3 Å². The Morgan fingerprint density at radius 3 is 2.61 bits per heavy atom. The minimum atomic E-state index is -0.428. The number of fused-ring (bicyclic) bond motifs is 1. The number of halogens is 1. The number of likely N-dealkylation sites (tertiary alicyclic amines) is 1. The molecule has 1 amide bonds. The van der Waals surface area contributed by atoms with Gasteiger partial charge < -0.3 is 9.64 Å². The highest BCUT2D eigenvalue weighted by Gasteiger charge is 2.27. The number of ether oxygens (including phenoxy) is 1. The van der Waals surface area contributed by atoms with E-state index < -0.39 is 5.82 Å². The zero-order chi connectivity index (χ0) is 22.8. The van der Waals surface area contributed by atoms with Crippen molar-refractivity contribution in [3.63, 3.8) is 0 Å². The highest BCUT2D eigenvalue weighted by Crippen LogP contribution is 2.34. The molecular weight excluding hydrogens is 419 g/mol. The van der Waals surface area contributed by atoms with Gasteiger partial charge in [0.25, 0.3) is 0 Å². The molecule has 2 aromatic heterocycles. The number of piperidine rings is 1. The SMILES string of the molecule is C=CC(=O)N1CCC[C@@H](n2nc(-c3ccc(Oc4ccccc4)cc3)c3cncc(F)c32)C1. The van der Waals surface area contributed by atoms with Gasteiger partial charge in [-0.15, -0.1) is 0 Å². The summed E-state index contributed by atoms with van der Waals surface area (Å²) in [6.07, 6.45) is 5.79. The average Bonchev–Trinajstić information content (AvgIpc) is 3.26. The van der Waals surface area contributed by atoms with Crippen LogP contribution in [0, 0.1) is 5.82 Å². The Morgan fingerprint density at radius 1 is 1.09 bits per heavy atom. The van der Waals surface area contributed by atoms with E-state index in [2.05, 4.69) is 11.6 Å². The van der Waals surface area contributed by atoms with Crippen LogP contribution in [0.4, 0.5) is 4.39 Å². The molecule has 0 aliphatic carbocycles. The molecule has 0 bridgehead atoms. The molecule has 3 heterocycles. The molecule has 0 saturated carbocycles. The molecule has 33 heavy (non-hydrogen) atoms. The lowest BCUT2D eigenvalue weighted by molar-refractivity contribution is -0.127. The van der Waals surface area contributed by atoms with E-state index >= 15 is 0 Å². The van der Waals surface area contributed by atoms with Gasteiger partial charge in [-0.2, -0.15) is 5.10 Å². The van der Waals surface area contributed by atoms with Crippen molar-refractivity contribution >= 4 is 16.8 Å². The molecule has 1 atom stereocenters. The maximum atomic E-state index is 14.9. The first-order valence-electron chi connectivity index (χ1n) is 10.9. The lowest BCUT2D eigenvalue weighted by Crippen LogP contribution is -2.40. The number of pyridine rings is 1. The van der Waals surface area contributed by atoms with Crippen molar-refractivity contribution in [2.45, 2.75) is 18.9 Å². The summed E-state index contributed by atoms with van der Waals surface area (Å²) in [5.41, 5.74) is 1.89. The molecule has 7 heteroatoms. The van der Waals surface area contributed by atoms with Crippen LogP contribution in [0.3, 0.4) is 0 Å². The molecule has 2 aromatic carbocycles. The van der Waals surface area contributed by atoms with Crippen LogP contribution >= 0.6 is 0 Å². The van der Waals surface area contributed by atoms with Crippen LogP contribution < -0.4 is 4.74 Å². The highest BCUT2D eigenvalue weighted by molar-refractivity contribution is 5.93. The van der Waals surface area contributed by atoms with Gasteiger partial charge in [-0.3, -0.25) is 14.5 Å². The monoisotopic (exact) mass is 442 g/mol. The van der Waals surface area contributed by atoms with Crippen molar-refractivity contribution in [1.82, 2.24) is 19.7 Å². The molecular formula is C26H23FN4O2. The van der Waals surface area contributed by atoms with E-state index in [1.54, 1.807) is 15.8 Å². The van der Waals surface area contributed by atoms with Crippen LogP contribution in [0.5, 0.6) is 11.5 Å². The Kier molecular flexibility index (Phi) is 5.60. The molecule has 1 aliphatic heterocycles. The summed E-state index contributed by atoms with van der Waals surface area (Å²) >= 11 is 0. The summed E-state index contributed by atoms with van der Waals surface area (Å²) in [5.74, 6) is 0.904. The van der Waals surface area contributed by atoms with Crippen LogP contribution in [0.2, 0.25) is 0 Å².